The number of benzene rings is 1. The number of hydrogen-bond acceptors (Lipinski definition) is 5. The van der Waals surface area contributed by atoms with Crippen LogP contribution in [0.3, 0.4) is 0 Å². The standard InChI is InChI=1S/C9H11N5/c10-8-13-9(11,6-12-14-8)7-4-2-1-3-5-7/h1-6H,11H2,(H3,10,13,14). The van der Waals surface area contributed by atoms with Gasteiger partial charge in [-0.2, -0.15) is 5.10 Å². The van der Waals surface area contributed by atoms with Gasteiger partial charge in [-0.05, 0) is 5.56 Å². The summed E-state index contributed by atoms with van der Waals surface area (Å²) in [6.07, 6.45) is 1.53. The molecule has 0 saturated carbocycles. The molecule has 5 nitrogen and oxygen atoms in total. The number of hydrogen-bond donors (Lipinski definition) is 3. The minimum atomic E-state index is -0.948. The molecule has 14 heavy (non-hydrogen) atoms. The quantitative estimate of drug-likeness (QED) is 0.566. The van der Waals surface area contributed by atoms with Crippen LogP contribution in [-0.4, -0.2) is 12.2 Å². The van der Waals surface area contributed by atoms with E-state index in [9.17, 15) is 0 Å². The van der Waals surface area contributed by atoms with Crippen molar-refractivity contribution in [2.24, 2.45) is 21.6 Å². The lowest BCUT2D eigenvalue weighted by Crippen LogP contribution is -2.45. The van der Waals surface area contributed by atoms with Crippen molar-refractivity contribution >= 4 is 12.2 Å². The molecule has 5 heteroatoms. The van der Waals surface area contributed by atoms with E-state index in [1.54, 1.807) is 0 Å². The van der Waals surface area contributed by atoms with E-state index >= 15 is 0 Å². The lowest BCUT2D eigenvalue weighted by atomic mass is 10.0. The van der Waals surface area contributed by atoms with Crippen LogP contribution in [0, 0.1) is 0 Å². The molecule has 0 aliphatic carbocycles. The summed E-state index contributed by atoms with van der Waals surface area (Å²) in [5.74, 6) is 0.221. The van der Waals surface area contributed by atoms with Crippen LogP contribution >= 0.6 is 0 Å². The molecule has 1 aliphatic rings. The van der Waals surface area contributed by atoms with Gasteiger partial charge < -0.3 is 5.73 Å². The van der Waals surface area contributed by atoms with E-state index in [0.717, 1.165) is 5.56 Å². The van der Waals surface area contributed by atoms with Gasteiger partial charge in [0.2, 0.25) is 5.96 Å². The molecule has 2 rings (SSSR count). The molecule has 0 amide bonds. The summed E-state index contributed by atoms with van der Waals surface area (Å²) < 4.78 is 0. The maximum Gasteiger partial charge on any atom is 0.212 e. The predicted octanol–water partition coefficient (Wildman–Crippen LogP) is -0.298. The van der Waals surface area contributed by atoms with Crippen molar-refractivity contribution in [3.63, 3.8) is 0 Å². The van der Waals surface area contributed by atoms with Crippen LogP contribution in [0.1, 0.15) is 5.56 Å². The van der Waals surface area contributed by atoms with Gasteiger partial charge in [-0.1, -0.05) is 30.3 Å². The molecule has 0 radical (unpaired) electrons. The van der Waals surface area contributed by atoms with E-state index in [1.807, 2.05) is 30.3 Å². The number of nitrogens with one attached hydrogen (secondary N) is 1. The van der Waals surface area contributed by atoms with Gasteiger partial charge in [0.25, 0.3) is 0 Å². The largest absolute Gasteiger partial charge is 0.368 e. The Balaban J connectivity index is 2.42. The molecular formula is C9H11N5. The third-order valence-corrected chi connectivity index (χ3v) is 1.98. The Morgan fingerprint density at radius 1 is 1.21 bits per heavy atom. The molecule has 1 aromatic rings. The van der Waals surface area contributed by atoms with Crippen LogP contribution in [0.4, 0.5) is 0 Å². The van der Waals surface area contributed by atoms with E-state index in [-0.39, 0.29) is 5.96 Å². The number of guanidine groups is 1. The van der Waals surface area contributed by atoms with E-state index in [4.69, 9.17) is 11.5 Å². The Bertz CT molecular complexity index is 383. The monoisotopic (exact) mass is 189 g/mol. The van der Waals surface area contributed by atoms with Crippen LogP contribution in [0.15, 0.2) is 40.4 Å². The summed E-state index contributed by atoms with van der Waals surface area (Å²) in [6.45, 7) is 0. The molecule has 1 atom stereocenters. The molecule has 5 N–H and O–H groups in total. The number of aliphatic imine (C=N–C) groups is 1. The Kier molecular flexibility index (Phi) is 1.94. The van der Waals surface area contributed by atoms with Gasteiger partial charge in [0, 0.05) is 0 Å². The van der Waals surface area contributed by atoms with E-state index in [0.29, 0.717) is 0 Å². The van der Waals surface area contributed by atoms with Crippen molar-refractivity contribution in [1.29, 1.82) is 0 Å². The minimum Gasteiger partial charge on any atom is -0.368 e. The van der Waals surface area contributed by atoms with Crippen molar-refractivity contribution in [2.75, 3.05) is 0 Å². The average Bonchev–Trinajstić information content (AvgIpc) is 2.19. The van der Waals surface area contributed by atoms with Gasteiger partial charge >= 0.3 is 0 Å². The Morgan fingerprint density at radius 3 is 2.57 bits per heavy atom. The normalized spacial score (nSPS) is 25.4. The van der Waals surface area contributed by atoms with E-state index in [2.05, 4.69) is 15.5 Å². The molecule has 0 aromatic heterocycles. The van der Waals surface area contributed by atoms with Crippen molar-refractivity contribution in [1.82, 2.24) is 5.43 Å². The second-order valence-electron chi connectivity index (χ2n) is 3.06. The fourth-order valence-corrected chi connectivity index (χ4v) is 1.29. The lowest BCUT2D eigenvalue weighted by molar-refractivity contribution is 0.629. The lowest BCUT2D eigenvalue weighted by Gasteiger charge is -2.24. The SMILES string of the molecule is NC1=NC(N)(c2ccccc2)C=NN1. The van der Waals surface area contributed by atoms with Crippen molar-refractivity contribution in [2.45, 2.75) is 5.66 Å². The summed E-state index contributed by atoms with van der Waals surface area (Å²) in [5, 5.41) is 3.83. The smallest absolute Gasteiger partial charge is 0.212 e. The highest BCUT2D eigenvalue weighted by Crippen LogP contribution is 2.18. The first-order valence-corrected chi connectivity index (χ1v) is 4.21. The summed E-state index contributed by atoms with van der Waals surface area (Å²) in [7, 11) is 0. The third kappa shape index (κ3) is 1.45. The molecule has 1 aliphatic heterocycles. The Morgan fingerprint density at radius 2 is 1.93 bits per heavy atom. The first-order chi connectivity index (χ1) is 6.71. The zero-order chi connectivity index (χ0) is 10.0. The van der Waals surface area contributed by atoms with Gasteiger partial charge in [-0.15, -0.1) is 0 Å². The molecule has 72 valence electrons. The summed E-state index contributed by atoms with van der Waals surface area (Å²) in [5.41, 5.74) is 13.9. The van der Waals surface area contributed by atoms with Crippen LogP contribution in [-0.2, 0) is 5.66 Å². The minimum absolute atomic E-state index is 0.221. The highest BCUT2D eigenvalue weighted by atomic mass is 15.4. The molecular weight excluding hydrogens is 178 g/mol. The van der Waals surface area contributed by atoms with E-state index < -0.39 is 5.66 Å². The van der Waals surface area contributed by atoms with Gasteiger partial charge in [-0.3, -0.25) is 5.73 Å². The second-order valence-corrected chi connectivity index (χ2v) is 3.06. The van der Waals surface area contributed by atoms with Gasteiger partial charge in [0.15, 0.2) is 5.66 Å². The van der Waals surface area contributed by atoms with Crippen molar-refractivity contribution in [3.05, 3.63) is 35.9 Å². The molecule has 1 unspecified atom stereocenters. The molecule has 0 spiro atoms. The molecule has 0 fully saturated rings. The first-order valence-electron chi connectivity index (χ1n) is 4.21. The van der Waals surface area contributed by atoms with Crippen molar-refractivity contribution < 1.29 is 0 Å². The number of hydrazone groups is 1. The van der Waals surface area contributed by atoms with Crippen LogP contribution < -0.4 is 16.9 Å². The average molecular weight is 189 g/mol. The fourth-order valence-electron chi connectivity index (χ4n) is 1.29. The summed E-state index contributed by atoms with van der Waals surface area (Å²) >= 11 is 0. The van der Waals surface area contributed by atoms with E-state index in [1.165, 1.54) is 6.21 Å². The van der Waals surface area contributed by atoms with Crippen LogP contribution in [0.2, 0.25) is 0 Å². The number of nitrogens with zero attached hydrogens (tertiary/aromatic N) is 2. The molecule has 0 saturated heterocycles. The first kappa shape index (κ1) is 8.71. The second kappa shape index (κ2) is 3.12. The van der Waals surface area contributed by atoms with Crippen LogP contribution in [0.25, 0.3) is 0 Å². The topological polar surface area (TPSA) is 88.8 Å². The fraction of sp³-hybridized carbons (Fsp3) is 0.111. The van der Waals surface area contributed by atoms with Crippen molar-refractivity contribution in [3.8, 4) is 0 Å². The summed E-state index contributed by atoms with van der Waals surface area (Å²) in [4.78, 5) is 4.10. The van der Waals surface area contributed by atoms with Gasteiger partial charge in [0.1, 0.15) is 0 Å². The number of rotatable bonds is 1. The van der Waals surface area contributed by atoms with Crippen LogP contribution in [0.5, 0.6) is 0 Å². The molecule has 0 bridgehead atoms. The zero-order valence-electron chi connectivity index (χ0n) is 7.51. The Hall–Kier alpha value is -1.88. The maximum atomic E-state index is 6.01. The zero-order valence-corrected chi connectivity index (χ0v) is 7.51. The maximum absolute atomic E-state index is 6.01. The Labute approximate surface area is 81.5 Å². The highest BCUT2D eigenvalue weighted by molar-refractivity contribution is 5.86. The predicted molar refractivity (Wildman–Crippen MR) is 55.6 cm³/mol. The molecule has 1 aromatic carbocycles. The van der Waals surface area contributed by atoms with Gasteiger partial charge in [0.05, 0.1) is 6.21 Å². The summed E-state index contributed by atoms with van der Waals surface area (Å²) in [6, 6.07) is 9.47. The highest BCUT2D eigenvalue weighted by Gasteiger charge is 2.26. The van der Waals surface area contributed by atoms with Gasteiger partial charge in [-0.25, -0.2) is 10.4 Å². The molecule has 1 heterocycles. The number of nitrogens with two attached hydrogens (primary N) is 2. The third-order valence-electron chi connectivity index (χ3n) is 1.98.